The first-order valence-electron chi connectivity index (χ1n) is 6.43. The van der Waals surface area contributed by atoms with Crippen LogP contribution in [0.15, 0.2) is 53.0 Å². The number of nitrogens with zero attached hydrogens (tertiary/aromatic N) is 1. The topological polar surface area (TPSA) is 23.8 Å². The highest BCUT2D eigenvalue weighted by atomic mass is 79.9. The molecule has 0 heterocycles. The lowest BCUT2D eigenvalue weighted by atomic mass is 9.80. The number of fused-ring (bicyclic) bond motifs is 1. The minimum absolute atomic E-state index is 0.273. The highest BCUT2D eigenvalue weighted by Gasteiger charge is 2.37. The third kappa shape index (κ3) is 2.43. The van der Waals surface area contributed by atoms with Gasteiger partial charge in [-0.15, -0.1) is 0 Å². The molecule has 94 valence electrons. The van der Waals surface area contributed by atoms with Crippen LogP contribution in [0.1, 0.15) is 16.7 Å². The predicted octanol–water partition coefficient (Wildman–Crippen LogP) is 4.30. The van der Waals surface area contributed by atoms with E-state index in [-0.39, 0.29) is 5.41 Å². The van der Waals surface area contributed by atoms with Crippen LogP contribution in [-0.4, -0.2) is 0 Å². The molecule has 0 aromatic heterocycles. The Balaban J connectivity index is 1.90. The van der Waals surface area contributed by atoms with Crippen LogP contribution < -0.4 is 0 Å². The summed E-state index contributed by atoms with van der Waals surface area (Å²) in [5.74, 6) is 0. The van der Waals surface area contributed by atoms with Crippen molar-refractivity contribution in [2.75, 3.05) is 0 Å². The summed E-state index contributed by atoms with van der Waals surface area (Å²) in [6.07, 6.45) is 2.55. The molecule has 0 saturated carbocycles. The first-order valence-corrected chi connectivity index (χ1v) is 7.23. The van der Waals surface area contributed by atoms with E-state index in [2.05, 4.69) is 58.4 Å². The lowest BCUT2D eigenvalue weighted by molar-refractivity contribution is 0.418. The lowest BCUT2D eigenvalue weighted by Crippen LogP contribution is -2.22. The summed E-state index contributed by atoms with van der Waals surface area (Å²) in [5, 5.41) is 9.66. The summed E-state index contributed by atoms with van der Waals surface area (Å²) in [7, 11) is 0. The first kappa shape index (κ1) is 12.4. The van der Waals surface area contributed by atoms with Gasteiger partial charge in [0.15, 0.2) is 0 Å². The number of rotatable bonds is 2. The zero-order valence-corrected chi connectivity index (χ0v) is 12.2. The molecule has 0 bridgehead atoms. The first-order chi connectivity index (χ1) is 9.21. The zero-order chi connectivity index (χ0) is 13.3. The number of halogens is 1. The van der Waals surface area contributed by atoms with Gasteiger partial charge in [0.1, 0.15) is 0 Å². The van der Waals surface area contributed by atoms with E-state index in [1.54, 1.807) is 0 Å². The second-order valence-corrected chi connectivity index (χ2v) is 6.24. The normalized spacial score (nSPS) is 15.8. The molecular formula is C17H14BrN. The van der Waals surface area contributed by atoms with E-state index in [1.165, 1.54) is 16.7 Å². The van der Waals surface area contributed by atoms with Crippen molar-refractivity contribution in [2.45, 2.75) is 19.3 Å². The third-order valence-electron chi connectivity index (χ3n) is 3.84. The van der Waals surface area contributed by atoms with E-state index in [9.17, 15) is 5.26 Å². The maximum Gasteiger partial charge on any atom is 0.0700 e. The molecule has 2 heteroatoms. The Morgan fingerprint density at radius 2 is 1.74 bits per heavy atom. The largest absolute Gasteiger partial charge is 0.198 e. The summed E-state index contributed by atoms with van der Waals surface area (Å²) < 4.78 is 1.08. The maximum atomic E-state index is 9.66. The summed E-state index contributed by atoms with van der Waals surface area (Å²) in [6.45, 7) is 0. The molecule has 0 saturated heterocycles. The molecule has 19 heavy (non-hydrogen) atoms. The average Bonchev–Trinajstić information content (AvgIpc) is 2.77. The standard InChI is InChI=1S/C17H14BrN/c18-16-7-3-4-13(8-16)9-17(12-19)10-14-5-1-2-6-15(14)11-17/h1-8H,9-11H2. The van der Waals surface area contributed by atoms with Crippen LogP contribution in [0.3, 0.4) is 0 Å². The Morgan fingerprint density at radius 1 is 1.05 bits per heavy atom. The van der Waals surface area contributed by atoms with Gasteiger partial charge in [0.25, 0.3) is 0 Å². The molecule has 1 aliphatic carbocycles. The molecule has 2 aromatic rings. The maximum absolute atomic E-state index is 9.66. The van der Waals surface area contributed by atoms with Crippen LogP contribution in [0.25, 0.3) is 0 Å². The minimum Gasteiger partial charge on any atom is -0.198 e. The van der Waals surface area contributed by atoms with Gasteiger partial charge in [-0.25, -0.2) is 0 Å². The van der Waals surface area contributed by atoms with Crippen molar-refractivity contribution in [3.8, 4) is 6.07 Å². The van der Waals surface area contributed by atoms with Crippen molar-refractivity contribution in [1.82, 2.24) is 0 Å². The van der Waals surface area contributed by atoms with Crippen molar-refractivity contribution < 1.29 is 0 Å². The number of benzene rings is 2. The van der Waals surface area contributed by atoms with Crippen LogP contribution in [0.4, 0.5) is 0 Å². The van der Waals surface area contributed by atoms with E-state index in [4.69, 9.17) is 0 Å². The van der Waals surface area contributed by atoms with Gasteiger partial charge in [0.05, 0.1) is 11.5 Å². The van der Waals surface area contributed by atoms with Crippen molar-refractivity contribution >= 4 is 15.9 Å². The Morgan fingerprint density at radius 3 is 2.32 bits per heavy atom. The molecule has 1 aliphatic rings. The van der Waals surface area contributed by atoms with E-state index in [0.29, 0.717) is 0 Å². The van der Waals surface area contributed by atoms with Crippen molar-refractivity contribution in [2.24, 2.45) is 5.41 Å². The smallest absolute Gasteiger partial charge is 0.0700 e. The molecule has 0 radical (unpaired) electrons. The molecule has 0 atom stereocenters. The van der Waals surface area contributed by atoms with Crippen LogP contribution in [0.2, 0.25) is 0 Å². The highest BCUT2D eigenvalue weighted by molar-refractivity contribution is 9.10. The van der Waals surface area contributed by atoms with Crippen molar-refractivity contribution in [3.05, 3.63) is 69.7 Å². The summed E-state index contributed by atoms with van der Waals surface area (Å²) in [5.41, 5.74) is 3.62. The van der Waals surface area contributed by atoms with Crippen LogP contribution in [0.5, 0.6) is 0 Å². The van der Waals surface area contributed by atoms with Gasteiger partial charge < -0.3 is 0 Å². The minimum atomic E-state index is -0.273. The molecule has 3 rings (SSSR count). The zero-order valence-electron chi connectivity index (χ0n) is 10.6. The fourth-order valence-corrected chi connectivity index (χ4v) is 3.42. The quantitative estimate of drug-likeness (QED) is 0.811. The summed E-state index contributed by atoms with van der Waals surface area (Å²) >= 11 is 3.50. The van der Waals surface area contributed by atoms with Crippen LogP contribution in [0, 0.1) is 16.7 Å². The second-order valence-electron chi connectivity index (χ2n) is 5.32. The number of nitriles is 1. The molecule has 0 aliphatic heterocycles. The number of hydrogen-bond acceptors (Lipinski definition) is 1. The second kappa shape index (κ2) is 4.83. The van der Waals surface area contributed by atoms with E-state index < -0.39 is 0 Å². The van der Waals surface area contributed by atoms with Gasteiger partial charge in [-0.3, -0.25) is 0 Å². The monoisotopic (exact) mass is 311 g/mol. The van der Waals surface area contributed by atoms with Gasteiger partial charge >= 0.3 is 0 Å². The Bertz CT molecular complexity index is 629. The van der Waals surface area contributed by atoms with Gasteiger partial charge in [0, 0.05) is 4.47 Å². The Hall–Kier alpha value is -1.59. The molecular weight excluding hydrogens is 298 g/mol. The summed E-state index contributed by atoms with van der Waals surface area (Å²) in [6, 6.07) is 19.3. The van der Waals surface area contributed by atoms with Crippen LogP contribution in [-0.2, 0) is 19.3 Å². The number of hydrogen-bond donors (Lipinski definition) is 0. The lowest BCUT2D eigenvalue weighted by Gasteiger charge is -2.20. The molecule has 0 unspecified atom stereocenters. The van der Waals surface area contributed by atoms with Crippen molar-refractivity contribution in [1.29, 1.82) is 5.26 Å². The van der Waals surface area contributed by atoms with Crippen LogP contribution >= 0.6 is 15.9 Å². The van der Waals surface area contributed by atoms with E-state index >= 15 is 0 Å². The molecule has 0 amide bonds. The van der Waals surface area contributed by atoms with Gasteiger partial charge in [-0.05, 0) is 48.1 Å². The molecule has 0 N–H and O–H groups in total. The van der Waals surface area contributed by atoms with Crippen molar-refractivity contribution in [3.63, 3.8) is 0 Å². The molecule has 0 spiro atoms. The van der Waals surface area contributed by atoms with Gasteiger partial charge in [-0.1, -0.05) is 52.3 Å². The van der Waals surface area contributed by atoms with E-state index in [1.807, 2.05) is 12.1 Å². The average molecular weight is 312 g/mol. The fraction of sp³-hybridized carbons (Fsp3) is 0.235. The molecule has 2 aromatic carbocycles. The Labute approximate surface area is 122 Å². The Kier molecular flexibility index (Phi) is 3.16. The molecule has 1 nitrogen and oxygen atoms in total. The third-order valence-corrected chi connectivity index (χ3v) is 4.34. The highest BCUT2D eigenvalue weighted by Crippen LogP contribution is 2.39. The SMILES string of the molecule is N#CC1(Cc2cccc(Br)c2)Cc2ccccc2C1. The fourth-order valence-electron chi connectivity index (χ4n) is 2.98. The summed E-state index contributed by atoms with van der Waals surface area (Å²) in [4.78, 5) is 0. The van der Waals surface area contributed by atoms with E-state index in [0.717, 1.165) is 23.7 Å². The van der Waals surface area contributed by atoms with Gasteiger partial charge in [-0.2, -0.15) is 5.26 Å². The predicted molar refractivity (Wildman–Crippen MR) is 79.7 cm³/mol. The molecule has 0 fully saturated rings. The van der Waals surface area contributed by atoms with Gasteiger partial charge in [0.2, 0.25) is 0 Å².